The number of aromatic nitrogens is 1. The molecule has 2 aromatic carbocycles. The first kappa shape index (κ1) is 16.1. The molecule has 1 atom stereocenters. The van der Waals surface area contributed by atoms with Crippen molar-refractivity contribution in [2.45, 2.75) is 13.0 Å². The summed E-state index contributed by atoms with van der Waals surface area (Å²) in [6.45, 7) is 2.38. The van der Waals surface area contributed by atoms with Gasteiger partial charge in [-0.25, -0.2) is 4.98 Å². The second kappa shape index (κ2) is 6.79. The molecule has 4 nitrogen and oxygen atoms in total. The van der Waals surface area contributed by atoms with Gasteiger partial charge < -0.3 is 14.8 Å². The number of aliphatic hydroxyl groups is 1. The van der Waals surface area contributed by atoms with E-state index in [0.29, 0.717) is 23.0 Å². The van der Waals surface area contributed by atoms with Crippen LogP contribution in [-0.2, 0) is 0 Å². The summed E-state index contributed by atoms with van der Waals surface area (Å²) in [6, 6.07) is 11.2. The topological polar surface area (TPSA) is 58.3 Å². The summed E-state index contributed by atoms with van der Waals surface area (Å²) in [5.74, 6) is 0.723. The van der Waals surface area contributed by atoms with Gasteiger partial charge in [0.2, 0.25) is 5.89 Å². The first-order chi connectivity index (χ1) is 11.1. The van der Waals surface area contributed by atoms with Crippen molar-refractivity contribution in [2.75, 3.05) is 17.7 Å². The van der Waals surface area contributed by atoms with E-state index in [2.05, 4.69) is 10.3 Å². The molecule has 0 aliphatic carbocycles. The van der Waals surface area contributed by atoms with E-state index >= 15 is 0 Å². The maximum Gasteiger partial charge on any atom is 0.227 e. The zero-order valence-electron chi connectivity index (χ0n) is 12.5. The fourth-order valence-electron chi connectivity index (χ4n) is 2.25. The molecule has 2 N–H and O–H groups in total. The Morgan fingerprint density at radius 2 is 2.09 bits per heavy atom. The molecule has 0 spiro atoms. The molecular weight excluding hydrogens is 335 g/mol. The normalized spacial score (nSPS) is 12.5. The lowest BCUT2D eigenvalue weighted by atomic mass is 10.1. The van der Waals surface area contributed by atoms with Crippen LogP contribution in [0.25, 0.3) is 22.6 Å². The second-order valence-corrected chi connectivity index (χ2v) is 6.09. The van der Waals surface area contributed by atoms with Crippen molar-refractivity contribution in [2.24, 2.45) is 0 Å². The monoisotopic (exact) mass is 350 g/mol. The summed E-state index contributed by atoms with van der Waals surface area (Å²) in [4.78, 5) is 4.48. The SMILES string of the molecule is Cc1ccc(-c2nc3cc(Cl)ccc3o2)cc1NCC(O)CCl. The fourth-order valence-corrected chi connectivity index (χ4v) is 2.53. The van der Waals surface area contributed by atoms with Crippen LogP contribution >= 0.6 is 23.2 Å². The zero-order valence-corrected chi connectivity index (χ0v) is 14.0. The van der Waals surface area contributed by atoms with Gasteiger partial charge in [0, 0.05) is 22.8 Å². The molecule has 0 saturated carbocycles. The molecule has 1 unspecified atom stereocenters. The molecule has 0 fully saturated rings. The Bertz CT molecular complexity index is 833. The Labute approximate surface area is 144 Å². The molecule has 1 heterocycles. The van der Waals surface area contributed by atoms with E-state index in [9.17, 15) is 5.11 Å². The van der Waals surface area contributed by atoms with Crippen molar-refractivity contribution in [3.8, 4) is 11.5 Å². The standard InChI is InChI=1S/C17H16Cl2N2O2/c1-10-2-3-11(6-14(10)20-9-13(22)8-18)17-21-15-7-12(19)4-5-16(15)23-17/h2-7,13,20,22H,8-9H2,1H3. The maximum absolute atomic E-state index is 9.58. The fraction of sp³-hybridized carbons (Fsp3) is 0.235. The molecule has 0 aliphatic heterocycles. The summed E-state index contributed by atoms with van der Waals surface area (Å²) >= 11 is 11.6. The number of fused-ring (bicyclic) bond motifs is 1. The summed E-state index contributed by atoms with van der Waals surface area (Å²) in [7, 11) is 0. The van der Waals surface area contributed by atoms with Gasteiger partial charge in [-0.15, -0.1) is 11.6 Å². The number of benzene rings is 2. The molecule has 6 heteroatoms. The summed E-state index contributed by atoms with van der Waals surface area (Å²) < 4.78 is 5.78. The molecule has 120 valence electrons. The zero-order chi connectivity index (χ0) is 16.4. The average molecular weight is 351 g/mol. The van der Waals surface area contributed by atoms with Crippen LogP contribution in [0.2, 0.25) is 5.02 Å². The van der Waals surface area contributed by atoms with Crippen LogP contribution in [0, 0.1) is 6.92 Å². The molecule has 0 radical (unpaired) electrons. The minimum Gasteiger partial charge on any atom is -0.436 e. The minimum atomic E-state index is -0.591. The van der Waals surface area contributed by atoms with E-state index in [1.54, 1.807) is 18.2 Å². The number of aliphatic hydroxyl groups excluding tert-OH is 1. The van der Waals surface area contributed by atoms with Gasteiger partial charge in [0.15, 0.2) is 5.58 Å². The number of rotatable bonds is 5. The lowest BCUT2D eigenvalue weighted by Gasteiger charge is -2.13. The van der Waals surface area contributed by atoms with Crippen LogP contribution in [0.4, 0.5) is 5.69 Å². The largest absolute Gasteiger partial charge is 0.436 e. The van der Waals surface area contributed by atoms with Gasteiger partial charge in [-0.3, -0.25) is 0 Å². The summed E-state index contributed by atoms with van der Waals surface area (Å²) in [6.07, 6.45) is -0.591. The second-order valence-electron chi connectivity index (χ2n) is 5.35. The molecule has 23 heavy (non-hydrogen) atoms. The van der Waals surface area contributed by atoms with Crippen molar-refractivity contribution in [1.82, 2.24) is 4.98 Å². The third kappa shape index (κ3) is 3.61. The molecule has 0 amide bonds. The minimum absolute atomic E-state index is 0.192. The average Bonchev–Trinajstić information content (AvgIpc) is 2.96. The number of nitrogens with zero attached hydrogens (tertiary/aromatic N) is 1. The van der Waals surface area contributed by atoms with Gasteiger partial charge in [-0.1, -0.05) is 17.7 Å². The smallest absolute Gasteiger partial charge is 0.227 e. The molecule has 0 saturated heterocycles. The van der Waals surface area contributed by atoms with Crippen LogP contribution in [0.3, 0.4) is 0 Å². The van der Waals surface area contributed by atoms with Crippen LogP contribution in [0.5, 0.6) is 0 Å². The Balaban J connectivity index is 1.92. The number of hydrogen-bond acceptors (Lipinski definition) is 4. The number of alkyl halides is 1. The van der Waals surface area contributed by atoms with Crippen molar-refractivity contribution >= 4 is 40.0 Å². The number of hydrogen-bond donors (Lipinski definition) is 2. The van der Waals surface area contributed by atoms with Gasteiger partial charge in [-0.05, 0) is 42.8 Å². The third-order valence-electron chi connectivity index (χ3n) is 3.54. The van der Waals surface area contributed by atoms with E-state index in [4.69, 9.17) is 27.6 Å². The number of anilines is 1. The van der Waals surface area contributed by atoms with E-state index in [-0.39, 0.29) is 5.88 Å². The highest BCUT2D eigenvalue weighted by Crippen LogP contribution is 2.29. The maximum atomic E-state index is 9.58. The molecule has 0 bridgehead atoms. The predicted octanol–water partition coefficient (Wildman–Crippen LogP) is 4.47. The van der Waals surface area contributed by atoms with Gasteiger partial charge in [0.1, 0.15) is 5.52 Å². The molecule has 3 rings (SSSR count). The van der Waals surface area contributed by atoms with E-state index in [1.165, 1.54) is 0 Å². The Hall–Kier alpha value is -1.75. The first-order valence-corrected chi connectivity index (χ1v) is 8.13. The van der Waals surface area contributed by atoms with Gasteiger partial charge >= 0.3 is 0 Å². The highest BCUT2D eigenvalue weighted by molar-refractivity contribution is 6.31. The Morgan fingerprint density at radius 3 is 2.87 bits per heavy atom. The van der Waals surface area contributed by atoms with Crippen LogP contribution in [0.15, 0.2) is 40.8 Å². The van der Waals surface area contributed by atoms with Crippen molar-refractivity contribution in [3.05, 3.63) is 47.0 Å². The van der Waals surface area contributed by atoms with Gasteiger partial charge in [0.05, 0.1) is 12.0 Å². The van der Waals surface area contributed by atoms with Crippen molar-refractivity contribution < 1.29 is 9.52 Å². The van der Waals surface area contributed by atoms with Crippen LogP contribution in [0.1, 0.15) is 5.56 Å². The number of halogens is 2. The van der Waals surface area contributed by atoms with Crippen molar-refractivity contribution in [1.29, 1.82) is 0 Å². The predicted molar refractivity (Wildman–Crippen MR) is 94.4 cm³/mol. The lowest BCUT2D eigenvalue weighted by molar-refractivity contribution is 0.211. The summed E-state index contributed by atoms with van der Waals surface area (Å²) in [5.41, 5.74) is 4.24. The van der Waals surface area contributed by atoms with Crippen LogP contribution < -0.4 is 5.32 Å². The highest BCUT2D eigenvalue weighted by Gasteiger charge is 2.11. The van der Waals surface area contributed by atoms with Crippen LogP contribution in [-0.4, -0.2) is 28.6 Å². The Morgan fingerprint density at radius 1 is 1.26 bits per heavy atom. The molecule has 3 aromatic rings. The van der Waals surface area contributed by atoms with Gasteiger partial charge in [-0.2, -0.15) is 0 Å². The molecule has 1 aromatic heterocycles. The van der Waals surface area contributed by atoms with E-state index in [1.807, 2.05) is 25.1 Å². The lowest BCUT2D eigenvalue weighted by Crippen LogP contribution is -2.21. The number of aryl methyl sites for hydroxylation is 1. The van der Waals surface area contributed by atoms with Gasteiger partial charge in [0.25, 0.3) is 0 Å². The third-order valence-corrected chi connectivity index (χ3v) is 4.13. The summed E-state index contributed by atoms with van der Waals surface area (Å²) in [5, 5.41) is 13.4. The number of oxazole rings is 1. The van der Waals surface area contributed by atoms with Crippen molar-refractivity contribution in [3.63, 3.8) is 0 Å². The first-order valence-electron chi connectivity index (χ1n) is 7.22. The highest BCUT2D eigenvalue weighted by atomic mass is 35.5. The Kier molecular flexibility index (Phi) is 4.76. The molecule has 0 aliphatic rings. The quantitative estimate of drug-likeness (QED) is 0.666. The molecular formula is C17H16Cl2N2O2. The van der Waals surface area contributed by atoms with E-state index < -0.39 is 6.10 Å². The van der Waals surface area contributed by atoms with E-state index in [0.717, 1.165) is 22.3 Å². The number of nitrogens with one attached hydrogen (secondary N) is 1.